The Kier molecular flexibility index (Phi) is 4.25. The molecule has 1 aromatic carbocycles. The first-order valence-corrected chi connectivity index (χ1v) is 7.57. The predicted molar refractivity (Wildman–Crippen MR) is 91.2 cm³/mol. The first kappa shape index (κ1) is 16.0. The predicted octanol–water partition coefficient (Wildman–Crippen LogP) is 1.37. The van der Waals surface area contributed by atoms with E-state index in [4.69, 9.17) is 17.0 Å². The number of aromatic nitrogens is 2. The Labute approximate surface area is 138 Å². The van der Waals surface area contributed by atoms with Gasteiger partial charge in [0.25, 0.3) is 11.6 Å². The Hall–Kier alpha value is -2.83. The number of aromatic amines is 1. The number of nitrogens with zero attached hydrogens (tertiary/aromatic N) is 1. The van der Waals surface area contributed by atoms with E-state index in [0.29, 0.717) is 17.4 Å². The largest absolute Gasteiger partial charge is 0.457 e. The summed E-state index contributed by atoms with van der Waals surface area (Å²) in [5.41, 5.74) is 0.928. The van der Waals surface area contributed by atoms with Crippen molar-refractivity contribution in [2.75, 3.05) is 0 Å². The lowest BCUT2D eigenvalue weighted by molar-refractivity contribution is 0.208. The SMILES string of the molecule is [B]c1ccccc1[C@@H](C)Oc1nc2oc(=O)cc(CC)c2c(=O)[nH]1. The lowest BCUT2D eigenvalue weighted by Crippen LogP contribution is -2.19. The fraction of sp³-hybridized carbons (Fsp3) is 0.235. The zero-order valence-corrected chi connectivity index (χ0v) is 13.3. The maximum absolute atomic E-state index is 12.3. The van der Waals surface area contributed by atoms with Gasteiger partial charge in [0.15, 0.2) is 0 Å². The molecule has 1 N–H and O–H groups in total. The molecule has 2 aromatic heterocycles. The maximum Gasteiger partial charge on any atom is 0.337 e. The van der Waals surface area contributed by atoms with Gasteiger partial charge in [0.2, 0.25) is 5.71 Å². The van der Waals surface area contributed by atoms with E-state index in [1.807, 2.05) is 25.1 Å². The normalized spacial score (nSPS) is 12.2. The van der Waals surface area contributed by atoms with E-state index in [2.05, 4.69) is 9.97 Å². The highest BCUT2D eigenvalue weighted by Gasteiger charge is 2.15. The first-order valence-electron chi connectivity index (χ1n) is 7.57. The fourth-order valence-electron chi connectivity index (χ4n) is 2.58. The summed E-state index contributed by atoms with van der Waals surface area (Å²) in [7, 11) is 5.92. The van der Waals surface area contributed by atoms with Gasteiger partial charge in [0, 0.05) is 6.07 Å². The average Bonchev–Trinajstić information content (AvgIpc) is 2.53. The van der Waals surface area contributed by atoms with Crippen molar-refractivity contribution in [1.29, 1.82) is 0 Å². The van der Waals surface area contributed by atoms with Crippen molar-refractivity contribution < 1.29 is 9.15 Å². The molecule has 0 fully saturated rings. The fourth-order valence-corrected chi connectivity index (χ4v) is 2.58. The van der Waals surface area contributed by atoms with Crippen LogP contribution in [0.2, 0.25) is 0 Å². The van der Waals surface area contributed by atoms with Crippen molar-refractivity contribution in [2.45, 2.75) is 26.4 Å². The molecule has 0 aliphatic heterocycles. The van der Waals surface area contributed by atoms with Gasteiger partial charge in [-0.2, -0.15) is 4.98 Å². The lowest BCUT2D eigenvalue weighted by Gasteiger charge is -2.16. The molecule has 7 heteroatoms. The van der Waals surface area contributed by atoms with E-state index in [1.165, 1.54) is 6.07 Å². The summed E-state index contributed by atoms with van der Waals surface area (Å²) in [4.78, 5) is 30.6. The first-order chi connectivity index (χ1) is 11.5. The Bertz CT molecular complexity index is 1010. The third-order valence-electron chi connectivity index (χ3n) is 3.78. The summed E-state index contributed by atoms with van der Waals surface area (Å²) in [6.07, 6.45) is 0.0807. The molecule has 0 amide bonds. The Balaban J connectivity index is 2.04. The monoisotopic (exact) mass is 322 g/mol. The van der Waals surface area contributed by atoms with Crippen LogP contribution in [0, 0.1) is 0 Å². The van der Waals surface area contributed by atoms with Crippen molar-refractivity contribution in [3.63, 3.8) is 0 Å². The van der Waals surface area contributed by atoms with Crippen LogP contribution in [0.1, 0.15) is 31.1 Å². The molecule has 0 aliphatic rings. The molecule has 2 heterocycles. The molecule has 0 bridgehead atoms. The minimum absolute atomic E-state index is 0.0281. The number of nitrogens with one attached hydrogen (secondary N) is 1. The minimum atomic E-state index is -0.552. The Morgan fingerprint density at radius 1 is 1.33 bits per heavy atom. The third-order valence-corrected chi connectivity index (χ3v) is 3.78. The summed E-state index contributed by atoms with van der Waals surface area (Å²) in [5, 5.41) is 0.260. The Morgan fingerprint density at radius 2 is 2.08 bits per heavy atom. The highest BCUT2D eigenvalue weighted by Crippen LogP contribution is 2.18. The van der Waals surface area contributed by atoms with Crippen LogP contribution in [-0.4, -0.2) is 17.8 Å². The molecule has 3 rings (SSSR count). The van der Waals surface area contributed by atoms with Gasteiger partial charge in [-0.25, -0.2) is 4.79 Å². The van der Waals surface area contributed by atoms with Crippen LogP contribution in [0.25, 0.3) is 11.1 Å². The minimum Gasteiger partial charge on any atom is -0.457 e. The van der Waals surface area contributed by atoms with E-state index >= 15 is 0 Å². The van der Waals surface area contributed by atoms with Gasteiger partial charge in [0.1, 0.15) is 19.3 Å². The second-order valence-electron chi connectivity index (χ2n) is 5.38. The molecule has 6 nitrogen and oxygen atoms in total. The molecule has 2 radical (unpaired) electrons. The molecule has 1 atom stereocenters. The zero-order valence-electron chi connectivity index (χ0n) is 13.3. The van der Waals surface area contributed by atoms with E-state index in [9.17, 15) is 9.59 Å². The van der Waals surface area contributed by atoms with E-state index < -0.39 is 17.3 Å². The molecule has 0 saturated heterocycles. The highest BCUT2D eigenvalue weighted by molar-refractivity contribution is 6.33. The van der Waals surface area contributed by atoms with Crippen molar-refractivity contribution in [3.05, 3.63) is 62.2 Å². The molecular weight excluding hydrogens is 307 g/mol. The maximum atomic E-state index is 12.3. The quantitative estimate of drug-likeness (QED) is 0.733. The summed E-state index contributed by atoms with van der Waals surface area (Å²) in [5.74, 6) is 0. The van der Waals surface area contributed by atoms with Crippen molar-refractivity contribution in [1.82, 2.24) is 9.97 Å². The third kappa shape index (κ3) is 2.97. The van der Waals surface area contributed by atoms with Crippen LogP contribution in [-0.2, 0) is 6.42 Å². The van der Waals surface area contributed by atoms with Gasteiger partial charge in [-0.05, 0) is 24.5 Å². The zero-order chi connectivity index (χ0) is 17.3. The van der Waals surface area contributed by atoms with Gasteiger partial charge >= 0.3 is 5.63 Å². The van der Waals surface area contributed by atoms with Crippen molar-refractivity contribution in [2.24, 2.45) is 0 Å². The second-order valence-corrected chi connectivity index (χ2v) is 5.38. The molecule has 24 heavy (non-hydrogen) atoms. The van der Waals surface area contributed by atoms with Crippen LogP contribution in [0.4, 0.5) is 0 Å². The number of aryl methyl sites for hydroxylation is 1. The summed E-state index contributed by atoms with van der Waals surface area (Å²) < 4.78 is 10.7. The number of rotatable bonds is 4. The molecule has 0 unspecified atom stereocenters. The number of fused-ring (bicyclic) bond motifs is 1. The molecule has 0 spiro atoms. The smallest absolute Gasteiger partial charge is 0.337 e. The number of H-pyrrole nitrogens is 1. The van der Waals surface area contributed by atoms with Crippen molar-refractivity contribution in [3.8, 4) is 6.01 Å². The number of hydrogen-bond donors (Lipinski definition) is 1. The molecule has 0 saturated carbocycles. The van der Waals surface area contributed by atoms with Crippen LogP contribution in [0.5, 0.6) is 6.01 Å². The summed E-state index contributed by atoms with van der Waals surface area (Å²) >= 11 is 0. The lowest BCUT2D eigenvalue weighted by atomic mass is 9.88. The number of hydrogen-bond acceptors (Lipinski definition) is 5. The summed E-state index contributed by atoms with van der Waals surface area (Å²) in [6, 6.07) is 8.52. The van der Waals surface area contributed by atoms with Crippen LogP contribution >= 0.6 is 0 Å². The van der Waals surface area contributed by atoms with Gasteiger partial charge < -0.3 is 9.15 Å². The van der Waals surface area contributed by atoms with Gasteiger partial charge in [0.05, 0.1) is 0 Å². The van der Waals surface area contributed by atoms with Gasteiger partial charge in [-0.15, -0.1) is 0 Å². The van der Waals surface area contributed by atoms with E-state index in [0.717, 1.165) is 5.56 Å². The highest BCUT2D eigenvalue weighted by atomic mass is 16.5. The average molecular weight is 322 g/mol. The van der Waals surface area contributed by atoms with Crippen molar-refractivity contribution >= 4 is 24.4 Å². The van der Waals surface area contributed by atoms with E-state index in [1.54, 1.807) is 13.0 Å². The van der Waals surface area contributed by atoms with Crippen LogP contribution in [0.15, 0.2) is 44.3 Å². The number of ether oxygens (including phenoxy) is 1. The second kappa shape index (κ2) is 6.35. The molecular formula is C17H15BN2O4. The molecule has 3 aromatic rings. The van der Waals surface area contributed by atoms with Crippen LogP contribution in [0.3, 0.4) is 0 Å². The molecule has 0 aliphatic carbocycles. The standard InChI is InChI=1S/C17H15BN2O4/c1-3-10-8-13(21)24-16-14(10)15(22)19-17(20-16)23-9(2)11-6-4-5-7-12(11)18/h4-9H,3H2,1-2H3,(H,19,20,22)/t9-/m1/s1. The van der Waals surface area contributed by atoms with Gasteiger partial charge in [-0.3, -0.25) is 9.78 Å². The molecule has 120 valence electrons. The summed E-state index contributed by atoms with van der Waals surface area (Å²) in [6.45, 7) is 3.63. The van der Waals surface area contributed by atoms with Crippen LogP contribution < -0.4 is 21.4 Å². The topological polar surface area (TPSA) is 85.2 Å². The number of benzene rings is 1. The van der Waals surface area contributed by atoms with Gasteiger partial charge in [-0.1, -0.05) is 36.7 Å². The van der Waals surface area contributed by atoms with E-state index in [-0.39, 0.29) is 17.1 Å². The Morgan fingerprint density at radius 3 is 2.79 bits per heavy atom.